The van der Waals surface area contributed by atoms with Crippen LogP contribution in [-0.2, 0) is 0 Å². The van der Waals surface area contributed by atoms with Crippen molar-refractivity contribution in [2.45, 2.75) is 5.16 Å². The minimum absolute atomic E-state index is 0.0758. The molecule has 5 nitrogen and oxygen atoms in total. The number of aromatic nitrogens is 3. The van der Waals surface area contributed by atoms with E-state index in [2.05, 4.69) is 22.8 Å². The lowest BCUT2D eigenvalue weighted by molar-refractivity contribution is 0.697. The van der Waals surface area contributed by atoms with Crippen molar-refractivity contribution in [1.29, 1.82) is 0 Å². The van der Waals surface area contributed by atoms with Crippen molar-refractivity contribution in [2.24, 2.45) is 0 Å². The second-order valence-electron chi connectivity index (χ2n) is 3.30. The van der Waals surface area contributed by atoms with Gasteiger partial charge in [-0.15, -0.1) is 22.8 Å². The molecular formula is C11H10N4OS. The van der Waals surface area contributed by atoms with E-state index in [1.807, 2.05) is 30.3 Å². The normalized spacial score (nSPS) is 10.9. The maximum absolute atomic E-state index is 11.6. The van der Waals surface area contributed by atoms with Crippen LogP contribution in [0.4, 0.5) is 0 Å². The lowest BCUT2D eigenvalue weighted by Gasteiger charge is -2.00. The van der Waals surface area contributed by atoms with E-state index in [4.69, 9.17) is 5.84 Å². The molecule has 2 rings (SSSR count). The highest BCUT2D eigenvalue weighted by molar-refractivity contribution is 7.80. The van der Waals surface area contributed by atoms with Crippen LogP contribution >= 0.6 is 12.6 Å². The number of thiol groups is 1. The summed E-state index contributed by atoms with van der Waals surface area (Å²) in [5.74, 6) is 5.44. The number of nitrogens with two attached hydrogens (primary N) is 1. The third kappa shape index (κ3) is 2.54. The molecule has 0 saturated heterocycles. The van der Waals surface area contributed by atoms with Crippen LogP contribution in [0.15, 0.2) is 40.3 Å². The predicted octanol–water partition coefficient (Wildman–Crippen LogP) is 0.811. The van der Waals surface area contributed by atoms with E-state index < -0.39 is 5.56 Å². The third-order valence-electron chi connectivity index (χ3n) is 2.13. The van der Waals surface area contributed by atoms with Gasteiger partial charge in [-0.25, -0.2) is 0 Å². The van der Waals surface area contributed by atoms with Crippen molar-refractivity contribution in [3.63, 3.8) is 0 Å². The average molecular weight is 246 g/mol. The van der Waals surface area contributed by atoms with Gasteiger partial charge in [-0.2, -0.15) is 4.68 Å². The van der Waals surface area contributed by atoms with E-state index in [1.54, 1.807) is 12.2 Å². The van der Waals surface area contributed by atoms with Crippen molar-refractivity contribution in [3.05, 3.63) is 51.9 Å². The molecule has 86 valence electrons. The fourth-order valence-corrected chi connectivity index (χ4v) is 1.38. The molecule has 0 fully saturated rings. The molecule has 2 aromatic rings. The van der Waals surface area contributed by atoms with Gasteiger partial charge in [0.2, 0.25) is 5.16 Å². The summed E-state index contributed by atoms with van der Waals surface area (Å²) in [5.41, 5.74) is 0.707. The first-order chi connectivity index (χ1) is 8.18. The Kier molecular flexibility index (Phi) is 3.24. The van der Waals surface area contributed by atoms with Crippen LogP contribution in [-0.4, -0.2) is 14.9 Å². The van der Waals surface area contributed by atoms with Crippen molar-refractivity contribution < 1.29 is 0 Å². The van der Waals surface area contributed by atoms with Gasteiger partial charge in [-0.05, 0) is 11.6 Å². The van der Waals surface area contributed by atoms with Crippen LogP contribution in [0.1, 0.15) is 11.3 Å². The maximum atomic E-state index is 11.6. The van der Waals surface area contributed by atoms with Crippen molar-refractivity contribution in [2.75, 3.05) is 5.84 Å². The monoisotopic (exact) mass is 246 g/mol. The molecule has 1 aromatic heterocycles. The molecule has 0 aliphatic carbocycles. The molecule has 17 heavy (non-hydrogen) atoms. The van der Waals surface area contributed by atoms with E-state index in [9.17, 15) is 4.79 Å². The SMILES string of the molecule is Nn1c(S)nnc(/C=C/c2ccccc2)c1=O. The van der Waals surface area contributed by atoms with Gasteiger partial charge in [-0.1, -0.05) is 36.4 Å². The number of hydrogen-bond acceptors (Lipinski definition) is 5. The molecule has 0 atom stereocenters. The Morgan fingerprint density at radius 3 is 2.59 bits per heavy atom. The van der Waals surface area contributed by atoms with E-state index >= 15 is 0 Å². The Labute approximate surface area is 103 Å². The van der Waals surface area contributed by atoms with Crippen LogP contribution in [0, 0.1) is 0 Å². The van der Waals surface area contributed by atoms with Crippen LogP contribution < -0.4 is 11.4 Å². The molecule has 0 amide bonds. The van der Waals surface area contributed by atoms with Crippen LogP contribution in [0.5, 0.6) is 0 Å². The number of nitrogens with zero attached hydrogens (tertiary/aromatic N) is 3. The zero-order valence-electron chi connectivity index (χ0n) is 8.82. The van der Waals surface area contributed by atoms with Crippen molar-refractivity contribution in [1.82, 2.24) is 14.9 Å². The molecule has 1 heterocycles. The fraction of sp³-hybridized carbons (Fsp3) is 0. The standard InChI is InChI=1S/C11H10N4OS/c12-15-10(16)9(13-14-11(15)17)7-6-8-4-2-1-3-5-8/h1-7H,12H2,(H,14,17)/b7-6+. The topological polar surface area (TPSA) is 73.8 Å². The highest BCUT2D eigenvalue weighted by Crippen LogP contribution is 2.03. The van der Waals surface area contributed by atoms with E-state index in [0.717, 1.165) is 10.2 Å². The summed E-state index contributed by atoms with van der Waals surface area (Å²) in [7, 11) is 0. The van der Waals surface area contributed by atoms with E-state index in [-0.39, 0.29) is 10.9 Å². The quantitative estimate of drug-likeness (QED) is 0.607. The summed E-state index contributed by atoms with van der Waals surface area (Å²) in [5, 5.41) is 7.46. The van der Waals surface area contributed by atoms with Gasteiger partial charge in [0, 0.05) is 0 Å². The number of hydrogen-bond donors (Lipinski definition) is 2. The Morgan fingerprint density at radius 1 is 1.18 bits per heavy atom. The van der Waals surface area contributed by atoms with Crippen molar-refractivity contribution >= 4 is 24.8 Å². The molecule has 0 radical (unpaired) electrons. The predicted molar refractivity (Wildman–Crippen MR) is 69.1 cm³/mol. The minimum atomic E-state index is -0.433. The van der Waals surface area contributed by atoms with Gasteiger partial charge < -0.3 is 5.84 Å². The number of benzene rings is 1. The molecule has 0 bridgehead atoms. The average Bonchev–Trinajstić information content (AvgIpc) is 2.36. The van der Waals surface area contributed by atoms with Gasteiger partial charge in [0.25, 0.3) is 5.56 Å². The van der Waals surface area contributed by atoms with Gasteiger partial charge in [-0.3, -0.25) is 4.79 Å². The lowest BCUT2D eigenvalue weighted by atomic mass is 10.2. The zero-order chi connectivity index (χ0) is 12.3. The summed E-state index contributed by atoms with van der Waals surface area (Å²) in [6.45, 7) is 0. The zero-order valence-corrected chi connectivity index (χ0v) is 9.71. The number of rotatable bonds is 2. The van der Waals surface area contributed by atoms with Gasteiger partial charge in [0.1, 0.15) is 0 Å². The first-order valence-corrected chi connectivity index (χ1v) is 5.30. The summed E-state index contributed by atoms with van der Waals surface area (Å²) in [6, 6.07) is 9.56. The highest BCUT2D eigenvalue weighted by atomic mass is 32.1. The molecule has 6 heteroatoms. The largest absolute Gasteiger partial charge is 0.334 e. The van der Waals surface area contributed by atoms with Gasteiger partial charge in [0.15, 0.2) is 5.69 Å². The molecule has 0 aliphatic heterocycles. The summed E-state index contributed by atoms with van der Waals surface area (Å²) in [4.78, 5) is 11.6. The first-order valence-electron chi connectivity index (χ1n) is 4.85. The molecule has 0 aliphatic rings. The third-order valence-corrected chi connectivity index (χ3v) is 2.44. The van der Waals surface area contributed by atoms with E-state index in [1.165, 1.54) is 0 Å². The van der Waals surface area contributed by atoms with Crippen molar-refractivity contribution in [3.8, 4) is 0 Å². The molecular weight excluding hydrogens is 236 g/mol. The Morgan fingerprint density at radius 2 is 1.88 bits per heavy atom. The second kappa shape index (κ2) is 4.84. The van der Waals surface area contributed by atoms with Gasteiger partial charge >= 0.3 is 0 Å². The maximum Gasteiger partial charge on any atom is 0.298 e. The highest BCUT2D eigenvalue weighted by Gasteiger charge is 2.03. The summed E-state index contributed by atoms with van der Waals surface area (Å²) < 4.78 is 0.848. The molecule has 0 unspecified atom stereocenters. The van der Waals surface area contributed by atoms with Crippen LogP contribution in [0.2, 0.25) is 0 Å². The van der Waals surface area contributed by atoms with Gasteiger partial charge in [0.05, 0.1) is 0 Å². The summed E-state index contributed by atoms with van der Waals surface area (Å²) in [6.07, 6.45) is 3.34. The Balaban J connectivity index is 2.35. The molecule has 0 spiro atoms. The fourth-order valence-electron chi connectivity index (χ4n) is 1.25. The summed E-state index contributed by atoms with van der Waals surface area (Å²) >= 11 is 3.89. The van der Waals surface area contributed by atoms with E-state index in [0.29, 0.717) is 0 Å². The van der Waals surface area contributed by atoms with Crippen LogP contribution in [0.25, 0.3) is 12.2 Å². The molecule has 2 N–H and O–H groups in total. The Bertz CT molecular complexity index is 607. The minimum Gasteiger partial charge on any atom is -0.334 e. The van der Waals surface area contributed by atoms with Crippen LogP contribution in [0.3, 0.4) is 0 Å². The molecule has 0 saturated carbocycles. The first kappa shape index (κ1) is 11.4. The Hall–Kier alpha value is -2.08. The lowest BCUT2D eigenvalue weighted by Crippen LogP contribution is -2.31. The smallest absolute Gasteiger partial charge is 0.298 e. The molecule has 1 aromatic carbocycles. The number of nitrogen functional groups attached to an aromatic ring is 1. The second-order valence-corrected chi connectivity index (χ2v) is 3.70.